The number of thiophene rings is 1. The minimum Gasteiger partial charge on any atom is -0.350 e. The number of halogens is 3. The first-order valence-corrected chi connectivity index (χ1v) is 9.70. The quantitative estimate of drug-likeness (QED) is 0.727. The average Bonchev–Trinajstić information content (AvgIpc) is 3.24. The van der Waals surface area contributed by atoms with Gasteiger partial charge >= 0.3 is 6.18 Å². The van der Waals surface area contributed by atoms with Gasteiger partial charge in [0.15, 0.2) is 0 Å². The summed E-state index contributed by atoms with van der Waals surface area (Å²) in [5.74, 6) is -1.41. The summed E-state index contributed by atoms with van der Waals surface area (Å²) in [6.07, 6.45) is -3.05. The first-order chi connectivity index (χ1) is 13.3. The lowest BCUT2D eigenvalue weighted by atomic mass is 10.1. The van der Waals surface area contributed by atoms with Crippen molar-refractivity contribution in [3.8, 4) is 0 Å². The Morgan fingerprint density at radius 2 is 1.89 bits per heavy atom. The van der Waals surface area contributed by atoms with E-state index in [1.807, 2.05) is 11.4 Å². The standard InChI is InChI=1S/C18H13F3N2O3S2/c19-18(20,21)13-6-2-1-5-12(13)15(24)22-7-8-23-16(25)14(28-17(23)26)10-11-4-3-9-27-11/h1-6,9-10H,7-8H2,(H,22,24)/b14-10-. The number of thioether (sulfide) groups is 1. The zero-order valence-corrected chi connectivity index (χ0v) is 15.8. The first kappa shape index (κ1) is 20.2. The number of hydrogen-bond acceptors (Lipinski definition) is 5. The van der Waals surface area contributed by atoms with Crippen molar-refractivity contribution >= 4 is 46.2 Å². The molecule has 0 unspecified atom stereocenters. The van der Waals surface area contributed by atoms with Gasteiger partial charge in [0, 0.05) is 18.0 Å². The molecule has 1 aromatic heterocycles. The van der Waals surface area contributed by atoms with E-state index in [9.17, 15) is 27.6 Å². The van der Waals surface area contributed by atoms with Crippen LogP contribution in [-0.4, -0.2) is 35.0 Å². The minimum absolute atomic E-state index is 0.133. The maximum Gasteiger partial charge on any atom is 0.417 e. The summed E-state index contributed by atoms with van der Waals surface area (Å²) in [6.45, 7) is -0.290. The average molecular weight is 426 g/mol. The minimum atomic E-state index is -4.66. The van der Waals surface area contributed by atoms with E-state index in [1.165, 1.54) is 23.5 Å². The molecule has 5 nitrogen and oxygen atoms in total. The molecule has 1 aromatic carbocycles. The van der Waals surface area contributed by atoms with Gasteiger partial charge in [-0.1, -0.05) is 18.2 Å². The largest absolute Gasteiger partial charge is 0.417 e. The molecule has 0 atom stereocenters. The van der Waals surface area contributed by atoms with Gasteiger partial charge in [0.25, 0.3) is 17.1 Å². The van der Waals surface area contributed by atoms with E-state index < -0.39 is 34.4 Å². The molecule has 3 amide bonds. The third-order valence-corrected chi connectivity index (χ3v) is 5.51. The molecule has 0 bridgehead atoms. The molecule has 1 saturated heterocycles. The number of nitrogens with one attached hydrogen (secondary N) is 1. The number of alkyl halides is 3. The normalized spacial score (nSPS) is 16.1. The summed E-state index contributed by atoms with van der Waals surface area (Å²) in [7, 11) is 0. The Morgan fingerprint density at radius 3 is 2.57 bits per heavy atom. The van der Waals surface area contributed by atoms with Crippen LogP contribution >= 0.6 is 23.1 Å². The Morgan fingerprint density at radius 1 is 1.14 bits per heavy atom. The van der Waals surface area contributed by atoms with Crippen LogP contribution in [0.4, 0.5) is 18.0 Å². The SMILES string of the molecule is O=C(NCCN1C(=O)S/C(=C\c2cccs2)C1=O)c1ccccc1C(F)(F)F. The van der Waals surface area contributed by atoms with Gasteiger partial charge < -0.3 is 5.32 Å². The van der Waals surface area contributed by atoms with Crippen LogP contribution in [-0.2, 0) is 11.0 Å². The molecule has 2 heterocycles. The molecular formula is C18H13F3N2O3S2. The van der Waals surface area contributed by atoms with Crippen molar-refractivity contribution in [2.45, 2.75) is 6.18 Å². The van der Waals surface area contributed by atoms with Crippen molar-refractivity contribution in [3.63, 3.8) is 0 Å². The Bertz CT molecular complexity index is 940. The van der Waals surface area contributed by atoms with Gasteiger partial charge in [-0.05, 0) is 41.4 Å². The van der Waals surface area contributed by atoms with Crippen molar-refractivity contribution in [1.82, 2.24) is 10.2 Å². The fourth-order valence-electron chi connectivity index (χ4n) is 2.50. The molecule has 0 spiro atoms. The van der Waals surface area contributed by atoms with Gasteiger partial charge in [-0.25, -0.2) is 0 Å². The lowest BCUT2D eigenvalue weighted by molar-refractivity contribution is -0.138. The van der Waals surface area contributed by atoms with Crippen LogP contribution in [0.15, 0.2) is 46.7 Å². The maximum atomic E-state index is 13.0. The van der Waals surface area contributed by atoms with Crippen molar-refractivity contribution in [1.29, 1.82) is 0 Å². The van der Waals surface area contributed by atoms with Crippen molar-refractivity contribution in [3.05, 3.63) is 62.7 Å². The van der Waals surface area contributed by atoms with Crippen LogP contribution in [0.3, 0.4) is 0 Å². The van der Waals surface area contributed by atoms with Gasteiger partial charge in [-0.3, -0.25) is 19.3 Å². The topological polar surface area (TPSA) is 66.5 Å². The van der Waals surface area contributed by atoms with E-state index in [-0.39, 0.29) is 18.0 Å². The number of carbonyl (C=O) groups excluding carboxylic acids is 3. The number of hydrogen-bond donors (Lipinski definition) is 1. The van der Waals surface area contributed by atoms with E-state index in [0.717, 1.165) is 33.7 Å². The third kappa shape index (κ3) is 4.45. The molecule has 3 rings (SSSR count). The Hall–Kier alpha value is -2.59. The molecular weight excluding hydrogens is 413 g/mol. The first-order valence-electron chi connectivity index (χ1n) is 8.00. The van der Waals surface area contributed by atoms with E-state index >= 15 is 0 Å². The highest BCUT2D eigenvalue weighted by Crippen LogP contribution is 2.33. The van der Waals surface area contributed by atoms with E-state index in [2.05, 4.69) is 5.32 Å². The van der Waals surface area contributed by atoms with Crippen LogP contribution in [0, 0.1) is 0 Å². The summed E-state index contributed by atoms with van der Waals surface area (Å²) in [4.78, 5) is 38.5. The number of benzene rings is 1. The second-order valence-corrected chi connectivity index (χ2v) is 7.62. The zero-order chi connectivity index (χ0) is 20.3. The molecule has 146 valence electrons. The molecule has 1 aliphatic rings. The number of amides is 3. The van der Waals surface area contributed by atoms with Crippen LogP contribution in [0.25, 0.3) is 6.08 Å². The summed E-state index contributed by atoms with van der Waals surface area (Å²) >= 11 is 2.20. The Labute approximate surface area is 166 Å². The molecule has 1 N–H and O–H groups in total. The Kier molecular flexibility index (Phi) is 5.90. The van der Waals surface area contributed by atoms with Crippen molar-refractivity contribution in [2.24, 2.45) is 0 Å². The van der Waals surface area contributed by atoms with Gasteiger partial charge in [0.1, 0.15) is 0 Å². The lowest BCUT2D eigenvalue weighted by Crippen LogP contribution is -2.37. The number of rotatable bonds is 5. The molecule has 0 radical (unpaired) electrons. The predicted octanol–water partition coefficient (Wildman–Crippen LogP) is 4.23. The molecule has 0 saturated carbocycles. The van der Waals surface area contributed by atoms with Crippen LogP contribution in [0.2, 0.25) is 0 Å². The molecule has 28 heavy (non-hydrogen) atoms. The molecule has 10 heteroatoms. The summed E-state index contributed by atoms with van der Waals surface area (Å²) in [5.41, 5.74) is -1.56. The number of nitrogens with zero attached hydrogens (tertiary/aromatic N) is 1. The third-order valence-electron chi connectivity index (χ3n) is 3.79. The van der Waals surface area contributed by atoms with Crippen LogP contribution in [0.5, 0.6) is 0 Å². The summed E-state index contributed by atoms with van der Waals surface area (Å²) in [6, 6.07) is 8.03. The van der Waals surface area contributed by atoms with Gasteiger partial charge in [0.05, 0.1) is 16.0 Å². The van der Waals surface area contributed by atoms with Gasteiger partial charge in [-0.2, -0.15) is 13.2 Å². The predicted molar refractivity (Wildman–Crippen MR) is 101 cm³/mol. The number of imide groups is 1. The van der Waals surface area contributed by atoms with E-state index in [0.29, 0.717) is 0 Å². The second-order valence-electron chi connectivity index (χ2n) is 5.65. The zero-order valence-electron chi connectivity index (χ0n) is 14.2. The van der Waals surface area contributed by atoms with Crippen molar-refractivity contribution < 1.29 is 27.6 Å². The molecule has 1 aliphatic heterocycles. The summed E-state index contributed by atoms with van der Waals surface area (Å²) < 4.78 is 39.0. The lowest BCUT2D eigenvalue weighted by Gasteiger charge is -2.15. The second kappa shape index (κ2) is 8.19. The van der Waals surface area contributed by atoms with Gasteiger partial charge in [0.2, 0.25) is 0 Å². The monoisotopic (exact) mass is 426 g/mol. The highest BCUT2D eigenvalue weighted by molar-refractivity contribution is 8.18. The molecule has 0 aliphatic carbocycles. The Balaban J connectivity index is 1.62. The number of carbonyl (C=O) groups is 3. The smallest absolute Gasteiger partial charge is 0.350 e. The van der Waals surface area contributed by atoms with Crippen molar-refractivity contribution in [2.75, 3.05) is 13.1 Å². The fourth-order valence-corrected chi connectivity index (χ4v) is 4.09. The fraction of sp³-hybridized carbons (Fsp3) is 0.167. The molecule has 2 aromatic rings. The van der Waals surface area contributed by atoms with E-state index in [4.69, 9.17) is 0 Å². The highest BCUT2D eigenvalue weighted by Gasteiger charge is 2.36. The highest BCUT2D eigenvalue weighted by atomic mass is 32.2. The van der Waals surface area contributed by atoms with Crippen LogP contribution < -0.4 is 5.32 Å². The summed E-state index contributed by atoms with van der Waals surface area (Å²) in [5, 5.41) is 3.68. The van der Waals surface area contributed by atoms with Crippen LogP contribution in [0.1, 0.15) is 20.8 Å². The van der Waals surface area contributed by atoms with Gasteiger partial charge in [-0.15, -0.1) is 11.3 Å². The molecule has 1 fully saturated rings. The maximum absolute atomic E-state index is 13.0. The van der Waals surface area contributed by atoms with E-state index in [1.54, 1.807) is 12.1 Å².